The van der Waals surface area contributed by atoms with E-state index in [0.29, 0.717) is 0 Å². The number of nitrogens with one attached hydrogen (secondary N) is 2. The zero-order valence-electron chi connectivity index (χ0n) is 6.89. The summed E-state index contributed by atoms with van der Waals surface area (Å²) < 4.78 is 5.15. The largest absolute Gasteiger partial charge is 0.378 e. The molecule has 2 atom stereocenters. The molecule has 4 nitrogen and oxygen atoms in total. The molecule has 64 valence electrons. The summed E-state index contributed by atoms with van der Waals surface area (Å²) in [6.07, 6.45) is 0.124. The Hall–Kier alpha value is -0.610. The molecule has 4 heteroatoms. The maximum absolute atomic E-state index is 10.7. The molecule has 0 bridgehead atoms. The normalized spacial score (nSPS) is 30.4. The van der Waals surface area contributed by atoms with Crippen molar-refractivity contribution >= 4 is 5.91 Å². The third-order valence-corrected chi connectivity index (χ3v) is 1.85. The van der Waals surface area contributed by atoms with Crippen LogP contribution in [0.4, 0.5) is 0 Å². The number of hydrogen-bond donors (Lipinski definition) is 2. The van der Waals surface area contributed by atoms with Crippen molar-refractivity contribution in [3.63, 3.8) is 0 Å². The molecule has 0 radical (unpaired) electrons. The van der Waals surface area contributed by atoms with Gasteiger partial charge in [-0.15, -0.1) is 0 Å². The van der Waals surface area contributed by atoms with Crippen molar-refractivity contribution in [1.82, 2.24) is 10.6 Å². The van der Waals surface area contributed by atoms with Gasteiger partial charge >= 0.3 is 0 Å². The van der Waals surface area contributed by atoms with Crippen LogP contribution in [0.15, 0.2) is 0 Å². The molecule has 0 aromatic carbocycles. The van der Waals surface area contributed by atoms with Crippen molar-refractivity contribution in [2.24, 2.45) is 0 Å². The molecule has 2 N–H and O–H groups in total. The molecule has 1 aliphatic heterocycles. The standard InChI is InChI=1S/C7H14N2O2/c1-5(10)9-6-3-8-4-7(6)11-2/h6-8H,3-4H2,1-2H3,(H,9,10). The van der Waals surface area contributed by atoms with E-state index in [1.54, 1.807) is 7.11 Å². The van der Waals surface area contributed by atoms with Crippen molar-refractivity contribution in [2.75, 3.05) is 20.2 Å². The van der Waals surface area contributed by atoms with Crippen LogP contribution in [0.5, 0.6) is 0 Å². The van der Waals surface area contributed by atoms with E-state index in [1.807, 2.05) is 0 Å². The number of rotatable bonds is 2. The predicted molar refractivity (Wildman–Crippen MR) is 41.3 cm³/mol. The summed E-state index contributed by atoms with van der Waals surface area (Å²) in [4.78, 5) is 10.7. The van der Waals surface area contributed by atoms with Crippen LogP contribution < -0.4 is 10.6 Å². The number of carbonyl (C=O) groups excluding carboxylic acids is 1. The van der Waals surface area contributed by atoms with Crippen LogP contribution in [0.3, 0.4) is 0 Å². The minimum atomic E-state index is 0.000694. The molecule has 1 amide bonds. The second kappa shape index (κ2) is 3.69. The minimum Gasteiger partial charge on any atom is -0.378 e. The molecule has 0 aromatic heterocycles. The second-order valence-electron chi connectivity index (χ2n) is 2.74. The summed E-state index contributed by atoms with van der Waals surface area (Å²) in [5, 5.41) is 5.96. The predicted octanol–water partition coefficient (Wildman–Crippen LogP) is -0.891. The van der Waals surface area contributed by atoms with Crippen LogP contribution in [0.25, 0.3) is 0 Å². The monoisotopic (exact) mass is 158 g/mol. The first kappa shape index (κ1) is 8.49. The van der Waals surface area contributed by atoms with Gasteiger partial charge in [-0.1, -0.05) is 0 Å². The number of carbonyl (C=O) groups is 1. The zero-order valence-corrected chi connectivity index (χ0v) is 6.89. The molecule has 0 aromatic rings. The van der Waals surface area contributed by atoms with Crippen molar-refractivity contribution in [1.29, 1.82) is 0 Å². The topological polar surface area (TPSA) is 50.4 Å². The van der Waals surface area contributed by atoms with Crippen molar-refractivity contribution < 1.29 is 9.53 Å². The summed E-state index contributed by atoms with van der Waals surface area (Å²) in [5.74, 6) is 0.000694. The molecule has 1 heterocycles. The van der Waals surface area contributed by atoms with Gasteiger partial charge in [0.25, 0.3) is 0 Å². The molecule has 1 aliphatic rings. The summed E-state index contributed by atoms with van der Waals surface area (Å²) in [6, 6.07) is 0.137. The maximum atomic E-state index is 10.7. The van der Waals surface area contributed by atoms with Gasteiger partial charge in [-0.2, -0.15) is 0 Å². The van der Waals surface area contributed by atoms with E-state index in [2.05, 4.69) is 10.6 Å². The van der Waals surface area contributed by atoms with E-state index in [1.165, 1.54) is 6.92 Å². The summed E-state index contributed by atoms with van der Waals surface area (Å²) in [7, 11) is 1.66. The van der Waals surface area contributed by atoms with Crippen LogP contribution in [-0.4, -0.2) is 38.3 Å². The minimum absolute atomic E-state index is 0.000694. The Morgan fingerprint density at radius 1 is 1.64 bits per heavy atom. The lowest BCUT2D eigenvalue weighted by Crippen LogP contribution is -2.42. The van der Waals surface area contributed by atoms with Crippen molar-refractivity contribution in [3.05, 3.63) is 0 Å². The van der Waals surface area contributed by atoms with Gasteiger partial charge in [0.05, 0.1) is 12.1 Å². The van der Waals surface area contributed by atoms with E-state index < -0.39 is 0 Å². The fourth-order valence-corrected chi connectivity index (χ4v) is 1.31. The summed E-state index contributed by atoms with van der Waals surface area (Å²) in [6.45, 7) is 3.14. The highest BCUT2D eigenvalue weighted by atomic mass is 16.5. The van der Waals surface area contributed by atoms with E-state index in [9.17, 15) is 4.79 Å². The maximum Gasteiger partial charge on any atom is 0.217 e. The number of hydrogen-bond acceptors (Lipinski definition) is 3. The highest BCUT2D eigenvalue weighted by Crippen LogP contribution is 2.02. The highest BCUT2D eigenvalue weighted by molar-refractivity contribution is 5.73. The Kier molecular flexibility index (Phi) is 2.84. The quantitative estimate of drug-likeness (QED) is 0.548. The lowest BCUT2D eigenvalue weighted by atomic mass is 10.2. The Morgan fingerprint density at radius 2 is 2.36 bits per heavy atom. The molecular weight excluding hydrogens is 144 g/mol. The Morgan fingerprint density at radius 3 is 2.91 bits per heavy atom. The zero-order chi connectivity index (χ0) is 8.27. The third-order valence-electron chi connectivity index (χ3n) is 1.85. The lowest BCUT2D eigenvalue weighted by Gasteiger charge is -2.16. The number of methoxy groups -OCH3 is 1. The van der Waals surface area contributed by atoms with Crippen LogP contribution in [0.1, 0.15) is 6.92 Å². The SMILES string of the molecule is COC1CNCC1NC(C)=O. The van der Waals surface area contributed by atoms with Crippen LogP contribution in [0, 0.1) is 0 Å². The van der Waals surface area contributed by atoms with Crippen LogP contribution in [-0.2, 0) is 9.53 Å². The van der Waals surface area contributed by atoms with Gasteiger partial charge in [-0.25, -0.2) is 0 Å². The molecule has 0 aliphatic carbocycles. The first-order valence-electron chi connectivity index (χ1n) is 3.74. The molecule has 1 fully saturated rings. The van der Waals surface area contributed by atoms with Gasteiger partial charge in [0.2, 0.25) is 5.91 Å². The molecule has 11 heavy (non-hydrogen) atoms. The van der Waals surface area contributed by atoms with E-state index in [4.69, 9.17) is 4.74 Å². The number of amides is 1. The van der Waals surface area contributed by atoms with Crippen LogP contribution >= 0.6 is 0 Å². The third kappa shape index (κ3) is 2.17. The lowest BCUT2D eigenvalue weighted by molar-refractivity contribution is -0.120. The summed E-state index contributed by atoms with van der Waals surface area (Å²) in [5.41, 5.74) is 0. The van der Waals surface area contributed by atoms with E-state index in [-0.39, 0.29) is 18.1 Å². The smallest absolute Gasteiger partial charge is 0.217 e. The fraction of sp³-hybridized carbons (Fsp3) is 0.857. The van der Waals surface area contributed by atoms with Gasteiger partial charge < -0.3 is 15.4 Å². The number of ether oxygens (including phenoxy) is 1. The average Bonchev–Trinajstić information content (AvgIpc) is 2.34. The van der Waals surface area contributed by atoms with Crippen LogP contribution in [0.2, 0.25) is 0 Å². The molecule has 2 unspecified atom stereocenters. The molecule has 1 saturated heterocycles. The van der Waals surface area contributed by atoms with E-state index in [0.717, 1.165) is 13.1 Å². The highest BCUT2D eigenvalue weighted by Gasteiger charge is 2.26. The van der Waals surface area contributed by atoms with Gasteiger partial charge in [0.1, 0.15) is 0 Å². The molecular formula is C7H14N2O2. The Bertz CT molecular complexity index is 149. The first-order valence-corrected chi connectivity index (χ1v) is 3.74. The molecule has 1 rings (SSSR count). The van der Waals surface area contributed by atoms with Crippen molar-refractivity contribution in [3.8, 4) is 0 Å². The molecule has 0 spiro atoms. The van der Waals surface area contributed by atoms with Gasteiger partial charge in [-0.3, -0.25) is 4.79 Å². The fourth-order valence-electron chi connectivity index (χ4n) is 1.31. The Labute approximate surface area is 66.3 Å². The summed E-state index contributed by atoms with van der Waals surface area (Å²) >= 11 is 0. The van der Waals surface area contributed by atoms with Gasteiger partial charge in [0.15, 0.2) is 0 Å². The van der Waals surface area contributed by atoms with Crippen molar-refractivity contribution in [2.45, 2.75) is 19.1 Å². The van der Waals surface area contributed by atoms with Gasteiger partial charge in [0, 0.05) is 27.1 Å². The van der Waals surface area contributed by atoms with Gasteiger partial charge in [-0.05, 0) is 0 Å². The second-order valence-corrected chi connectivity index (χ2v) is 2.74. The first-order chi connectivity index (χ1) is 5.24. The van der Waals surface area contributed by atoms with E-state index >= 15 is 0 Å². The average molecular weight is 158 g/mol. The Balaban J connectivity index is 2.37. The molecule has 0 saturated carbocycles.